The van der Waals surface area contributed by atoms with Crippen molar-refractivity contribution in [3.05, 3.63) is 0 Å². The molecule has 0 bridgehead atoms. The minimum Gasteiger partial charge on any atom is -0.303 e. The summed E-state index contributed by atoms with van der Waals surface area (Å²) in [6.07, 6.45) is 1.68. The fourth-order valence-corrected chi connectivity index (χ4v) is 0.601. The van der Waals surface area contributed by atoms with Gasteiger partial charge in [0.25, 0.3) is 0 Å². The van der Waals surface area contributed by atoms with E-state index in [2.05, 4.69) is 0 Å². The van der Waals surface area contributed by atoms with E-state index in [0.717, 1.165) is 0 Å². The lowest BCUT2D eigenvalue weighted by molar-refractivity contribution is -0.122. The molecule has 0 spiro atoms. The highest BCUT2D eigenvalue weighted by molar-refractivity contribution is 5.82. The van der Waals surface area contributed by atoms with Crippen molar-refractivity contribution in [2.24, 2.45) is 11.8 Å². The zero-order chi connectivity index (χ0) is 8.69. The zero-order valence-electron chi connectivity index (χ0n) is 5.80. The molecule has 0 aromatic rings. The summed E-state index contributed by atoms with van der Waals surface area (Å²) in [5, 5.41) is 0. The van der Waals surface area contributed by atoms with E-state index in [-0.39, 0.29) is 6.42 Å². The summed E-state index contributed by atoms with van der Waals surface area (Å²) in [4.78, 5) is 40.2. The maximum absolute atomic E-state index is 10.0. The number of hydrogen-bond acceptors (Lipinski definition) is 4. The van der Waals surface area contributed by atoms with Crippen LogP contribution in [0.5, 0.6) is 0 Å². The van der Waals surface area contributed by atoms with E-state index in [1.54, 1.807) is 0 Å². The SMILES string of the molecule is O=CC(C=O)CC(C=O)C=O. The van der Waals surface area contributed by atoms with Crippen LogP contribution < -0.4 is 0 Å². The Balaban J connectivity index is 3.95. The molecule has 4 nitrogen and oxygen atoms in total. The Bertz CT molecular complexity index is 130. The summed E-state index contributed by atoms with van der Waals surface area (Å²) in [6.45, 7) is 0. The molecule has 0 unspecified atom stereocenters. The van der Waals surface area contributed by atoms with Crippen molar-refractivity contribution in [1.29, 1.82) is 0 Å². The lowest BCUT2D eigenvalue weighted by atomic mass is 9.99. The van der Waals surface area contributed by atoms with Crippen molar-refractivity contribution in [2.75, 3.05) is 0 Å². The molecule has 0 aromatic carbocycles. The van der Waals surface area contributed by atoms with E-state index in [9.17, 15) is 19.2 Å². The van der Waals surface area contributed by atoms with Crippen molar-refractivity contribution in [1.82, 2.24) is 0 Å². The van der Waals surface area contributed by atoms with Crippen molar-refractivity contribution >= 4 is 25.1 Å². The first kappa shape index (κ1) is 9.68. The van der Waals surface area contributed by atoms with Crippen LogP contribution in [0.3, 0.4) is 0 Å². The lowest BCUT2D eigenvalue weighted by Crippen LogP contribution is -2.13. The molecule has 60 valence electrons. The van der Waals surface area contributed by atoms with E-state index in [0.29, 0.717) is 25.1 Å². The highest BCUT2D eigenvalue weighted by Gasteiger charge is 2.13. The van der Waals surface area contributed by atoms with Gasteiger partial charge in [0.1, 0.15) is 25.1 Å². The van der Waals surface area contributed by atoms with Gasteiger partial charge in [-0.05, 0) is 6.42 Å². The van der Waals surface area contributed by atoms with Crippen molar-refractivity contribution < 1.29 is 19.2 Å². The first-order valence-corrected chi connectivity index (χ1v) is 3.09. The Morgan fingerprint density at radius 3 is 1.18 bits per heavy atom. The molecular formula is C7H8O4. The molecule has 0 aliphatic heterocycles. The first-order valence-electron chi connectivity index (χ1n) is 3.09. The summed E-state index contributed by atoms with van der Waals surface area (Å²) >= 11 is 0. The van der Waals surface area contributed by atoms with E-state index >= 15 is 0 Å². The zero-order valence-corrected chi connectivity index (χ0v) is 5.80. The highest BCUT2D eigenvalue weighted by atomic mass is 16.1. The van der Waals surface area contributed by atoms with Gasteiger partial charge in [0.05, 0.1) is 11.8 Å². The molecular weight excluding hydrogens is 148 g/mol. The Kier molecular flexibility index (Phi) is 4.81. The Labute approximate surface area is 63.6 Å². The fourth-order valence-electron chi connectivity index (χ4n) is 0.601. The normalized spacial score (nSPS) is 9.64. The van der Waals surface area contributed by atoms with Crippen LogP contribution in [0, 0.1) is 11.8 Å². The van der Waals surface area contributed by atoms with Gasteiger partial charge in [-0.25, -0.2) is 0 Å². The van der Waals surface area contributed by atoms with Gasteiger partial charge in [-0.15, -0.1) is 0 Å². The van der Waals surface area contributed by atoms with Gasteiger partial charge in [-0.3, -0.25) is 0 Å². The molecule has 0 atom stereocenters. The van der Waals surface area contributed by atoms with Gasteiger partial charge >= 0.3 is 0 Å². The molecule has 0 rings (SSSR count). The molecule has 0 amide bonds. The molecule has 0 radical (unpaired) electrons. The van der Waals surface area contributed by atoms with Crippen LogP contribution in [-0.4, -0.2) is 25.1 Å². The number of hydrogen-bond donors (Lipinski definition) is 0. The van der Waals surface area contributed by atoms with Gasteiger partial charge in [0.2, 0.25) is 0 Å². The van der Waals surface area contributed by atoms with Crippen molar-refractivity contribution in [2.45, 2.75) is 6.42 Å². The molecule has 0 fully saturated rings. The number of carbonyl (C=O) groups is 4. The van der Waals surface area contributed by atoms with Crippen LogP contribution in [0.4, 0.5) is 0 Å². The summed E-state index contributed by atoms with van der Waals surface area (Å²) in [5.41, 5.74) is 0. The summed E-state index contributed by atoms with van der Waals surface area (Å²) in [7, 11) is 0. The van der Waals surface area contributed by atoms with Gasteiger partial charge in [0, 0.05) is 0 Å². The second-order valence-electron chi connectivity index (χ2n) is 2.11. The van der Waals surface area contributed by atoms with Crippen molar-refractivity contribution in [3.63, 3.8) is 0 Å². The van der Waals surface area contributed by atoms with Crippen LogP contribution in [-0.2, 0) is 19.2 Å². The number of carbonyl (C=O) groups excluding carboxylic acids is 4. The summed E-state index contributed by atoms with van der Waals surface area (Å²) in [5.74, 6) is -1.68. The third kappa shape index (κ3) is 3.40. The molecule has 4 heteroatoms. The van der Waals surface area contributed by atoms with Crippen LogP contribution in [0.1, 0.15) is 6.42 Å². The number of aldehydes is 4. The quantitative estimate of drug-likeness (QED) is 0.380. The molecule has 11 heavy (non-hydrogen) atoms. The topological polar surface area (TPSA) is 68.3 Å². The smallest absolute Gasteiger partial charge is 0.130 e. The molecule has 0 saturated carbocycles. The molecule has 0 heterocycles. The molecule has 0 aromatic heterocycles. The maximum Gasteiger partial charge on any atom is 0.130 e. The molecule has 0 saturated heterocycles. The molecule has 0 aliphatic rings. The minimum absolute atomic E-state index is 0.0139. The standard InChI is InChI=1S/C7H8O4/c8-2-6(3-9)1-7(4-10)5-11/h2-7H,1H2. The van der Waals surface area contributed by atoms with Gasteiger partial charge in [-0.2, -0.15) is 0 Å². The largest absolute Gasteiger partial charge is 0.303 e. The average molecular weight is 156 g/mol. The van der Waals surface area contributed by atoms with Gasteiger partial charge in [0.15, 0.2) is 0 Å². The summed E-state index contributed by atoms with van der Waals surface area (Å²) in [6, 6.07) is 0. The fraction of sp³-hybridized carbons (Fsp3) is 0.429. The van der Waals surface area contributed by atoms with Gasteiger partial charge < -0.3 is 19.2 Å². The van der Waals surface area contributed by atoms with E-state index in [1.807, 2.05) is 0 Å². The third-order valence-electron chi connectivity index (χ3n) is 1.24. The third-order valence-corrected chi connectivity index (χ3v) is 1.24. The van der Waals surface area contributed by atoms with E-state index in [1.165, 1.54) is 0 Å². The Hall–Kier alpha value is -1.32. The van der Waals surface area contributed by atoms with Crippen LogP contribution in [0.25, 0.3) is 0 Å². The van der Waals surface area contributed by atoms with Crippen LogP contribution in [0.2, 0.25) is 0 Å². The van der Waals surface area contributed by atoms with Crippen LogP contribution >= 0.6 is 0 Å². The highest BCUT2D eigenvalue weighted by Crippen LogP contribution is 2.03. The predicted octanol–water partition coefficient (Wildman–Crippen LogP) is -0.596. The maximum atomic E-state index is 10.0. The first-order chi connectivity index (χ1) is 5.28. The second kappa shape index (κ2) is 5.46. The predicted molar refractivity (Wildman–Crippen MR) is 35.9 cm³/mol. The lowest BCUT2D eigenvalue weighted by Gasteiger charge is -2.01. The van der Waals surface area contributed by atoms with Crippen molar-refractivity contribution in [3.8, 4) is 0 Å². The molecule has 0 N–H and O–H groups in total. The Morgan fingerprint density at radius 1 is 0.727 bits per heavy atom. The monoisotopic (exact) mass is 156 g/mol. The summed E-state index contributed by atoms with van der Waals surface area (Å²) < 4.78 is 0. The van der Waals surface area contributed by atoms with E-state index in [4.69, 9.17) is 0 Å². The Morgan fingerprint density at radius 2 is 1.00 bits per heavy atom. The second-order valence-corrected chi connectivity index (χ2v) is 2.11. The number of rotatable bonds is 6. The van der Waals surface area contributed by atoms with Gasteiger partial charge in [-0.1, -0.05) is 0 Å². The minimum atomic E-state index is -0.838. The molecule has 0 aliphatic carbocycles. The van der Waals surface area contributed by atoms with E-state index < -0.39 is 11.8 Å². The average Bonchev–Trinajstić information content (AvgIpc) is 2.07. The van der Waals surface area contributed by atoms with Crippen LogP contribution in [0.15, 0.2) is 0 Å².